The second kappa shape index (κ2) is 40.2. The van der Waals surface area contributed by atoms with Gasteiger partial charge in [0.05, 0.1) is 19.8 Å². The lowest BCUT2D eigenvalue weighted by molar-refractivity contribution is -0.145. The number of rotatable bonds is 42. The third-order valence-corrected chi connectivity index (χ3v) is 11.9. The molecule has 7 nitrogen and oxygen atoms in total. The highest BCUT2D eigenvalue weighted by Crippen LogP contribution is 2.23. The number of hydrogen-bond acceptors (Lipinski definition) is 6. The van der Waals surface area contributed by atoms with Gasteiger partial charge >= 0.3 is 11.9 Å². The molecule has 1 N–H and O–H groups in total. The van der Waals surface area contributed by atoms with E-state index in [-0.39, 0.29) is 23.9 Å². The Morgan fingerprint density at radius 3 is 1.16 bits per heavy atom. The van der Waals surface area contributed by atoms with Crippen molar-refractivity contribution < 1.29 is 23.9 Å². The van der Waals surface area contributed by atoms with Crippen LogP contribution in [0.4, 0.5) is 0 Å². The molecular formula is C49H96N2O5. The van der Waals surface area contributed by atoms with E-state index in [4.69, 9.17) is 9.47 Å². The Labute approximate surface area is 348 Å². The van der Waals surface area contributed by atoms with Gasteiger partial charge in [0.25, 0.3) is 0 Å². The second-order valence-corrected chi connectivity index (χ2v) is 17.6. The average molecular weight is 793 g/mol. The number of amides is 1. The van der Waals surface area contributed by atoms with E-state index in [0.29, 0.717) is 50.5 Å². The fourth-order valence-electron chi connectivity index (χ4n) is 7.77. The second-order valence-electron chi connectivity index (χ2n) is 17.6. The van der Waals surface area contributed by atoms with Crippen molar-refractivity contribution in [3.05, 3.63) is 0 Å². The topological polar surface area (TPSA) is 84.9 Å². The lowest BCUT2D eigenvalue weighted by Gasteiger charge is -2.23. The molecule has 0 saturated carbocycles. The summed E-state index contributed by atoms with van der Waals surface area (Å²) in [4.78, 5) is 39.8. The van der Waals surface area contributed by atoms with Crippen LogP contribution in [0.2, 0.25) is 0 Å². The van der Waals surface area contributed by atoms with Gasteiger partial charge in [0.15, 0.2) is 0 Å². The minimum atomic E-state index is -0.0418. The molecule has 0 radical (unpaired) electrons. The van der Waals surface area contributed by atoms with Crippen LogP contribution in [0, 0.1) is 11.8 Å². The summed E-state index contributed by atoms with van der Waals surface area (Å²) in [5.41, 5.74) is 0. The first-order chi connectivity index (χ1) is 27.2. The van der Waals surface area contributed by atoms with E-state index in [1.54, 1.807) is 0 Å². The number of carbonyl (C=O) groups excluding carboxylic acids is 3. The maximum atomic E-state index is 12.9. The molecule has 332 valence electrons. The fourth-order valence-corrected chi connectivity index (χ4v) is 7.77. The van der Waals surface area contributed by atoms with E-state index in [1.165, 1.54) is 103 Å². The van der Waals surface area contributed by atoms with Crippen LogP contribution in [0.1, 0.15) is 247 Å². The third-order valence-electron chi connectivity index (χ3n) is 11.9. The van der Waals surface area contributed by atoms with Gasteiger partial charge in [-0.1, -0.05) is 182 Å². The monoisotopic (exact) mass is 793 g/mol. The number of ether oxygens (including phenoxy) is 2. The van der Waals surface area contributed by atoms with Crippen LogP contribution < -0.4 is 5.32 Å². The van der Waals surface area contributed by atoms with Crippen LogP contribution in [0.3, 0.4) is 0 Å². The van der Waals surface area contributed by atoms with Crippen molar-refractivity contribution in [1.82, 2.24) is 10.2 Å². The van der Waals surface area contributed by atoms with Crippen LogP contribution in [0.15, 0.2) is 0 Å². The Balaban J connectivity index is 4.38. The molecule has 0 aromatic heterocycles. The van der Waals surface area contributed by atoms with Crippen LogP contribution in [-0.2, 0) is 23.9 Å². The molecule has 0 aliphatic heterocycles. The molecule has 0 heterocycles. The number of carbonyl (C=O) groups is 3. The van der Waals surface area contributed by atoms with E-state index in [0.717, 1.165) is 89.9 Å². The van der Waals surface area contributed by atoms with Gasteiger partial charge in [0.1, 0.15) is 0 Å². The van der Waals surface area contributed by atoms with E-state index in [1.807, 2.05) is 7.05 Å². The quantitative estimate of drug-likeness (QED) is 0.0489. The van der Waals surface area contributed by atoms with Gasteiger partial charge < -0.3 is 14.8 Å². The van der Waals surface area contributed by atoms with Crippen LogP contribution in [0.5, 0.6) is 0 Å². The smallest absolute Gasteiger partial charge is 0.305 e. The molecule has 1 unspecified atom stereocenters. The normalized spacial score (nSPS) is 12.3. The van der Waals surface area contributed by atoms with Crippen LogP contribution >= 0.6 is 0 Å². The van der Waals surface area contributed by atoms with Crippen molar-refractivity contribution in [1.29, 1.82) is 0 Å². The minimum Gasteiger partial charge on any atom is -0.466 e. The van der Waals surface area contributed by atoms with Gasteiger partial charge in [-0.05, 0) is 71.3 Å². The maximum absolute atomic E-state index is 12.9. The zero-order chi connectivity index (χ0) is 41.5. The molecular weight excluding hydrogens is 697 g/mol. The van der Waals surface area contributed by atoms with Crippen molar-refractivity contribution in [2.24, 2.45) is 11.8 Å². The highest BCUT2D eigenvalue weighted by molar-refractivity contribution is 5.78. The lowest BCUT2D eigenvalue weighted by atomic mass is 9.92. The number of unbranched alkanes of at least 4 members (excludes halogenated alkanes) is 16. The van der Waals surface area contributed by atoms with Crippen molar-refractivity contribution >= 4 is 17.8 Å². The molecule has 0 aromatic carbocycles. The highest BCUT2D eigenvalue weighted by atomic mass is 16.5. The van der Waals surface area contributed by atoms with Gasteiger partial charge in [-0.3, -0.25) is 19.3 Å². The van der Waals surface area contributed by atoms with Crippen molar-refractivity contribution in [2.75, 3.05) is 26.8 Å². The molecule has 7 heteroatoms. The largest absolute Gasteiger partial charge is 0.466 e. The van der Waals surface area contributed by atoms with Gasteiger partial charge in [-0.15, -0.1) is 0 Å². The number of likely N-dealkylation sites (N-methyl/N-ethyl adjacent to an activating group) is 1. The summed E-state index contributed by atoms with van der Waals surface area (Å²) in [6.45, 7) is 14.8. The summed E-state index contributed by atoms with van der Waals surface area (Å²) < 4.78 is 11.3. The number of nitrogens with one attached hydrogen (secondary N) is 1. The Morgan fingerprint density at radius 2 is 0.804 bits per heavy atom. The summed E-state index contributed by atoms with van der Waals surface area (Å²) in [5.74, 6) is 1.44. The van der Waals surface area contributed by atoms with Crippen molar-refractivity contribution in [3.8, 4) is 0 Å². The van der Waals surface area contributed by atoms with Gasteiger partial charge in [0.2, 0.25) is 5.91 Å². The molecule has 0 aromatic rings. The van der Waals surface area contributed by atoms with Crippen molar-refractivity contribution in [2.45, 2.75) is 259 Å². The molecule has 1 atom stereocenters. The predicted molar refractivity (Wildman–Crippen MR) is 239 cm³/mol. The summed E-state index contributed by atoms with van der Waals surface area (Å²) in [5, 5.41) is 3.34. The zero-order valence-corrected chi connectivity index (χ0v) is 38.5. The van der Waals surface area contributed by atoms with Crippen molar-refractivity contribution in [3.63, 3.8) is 0 Å². The van der Waals surface area contributed by atoms with Crippen LogP contribution in [0.25, 0.3) is 0 Å². The van der Waals surface area contributed by atoms with Gasteiger partial charge in [-0.2, -0.15) is 0 Å². The van der Waals surface area contributed by atoms with E-state index in [2.05, 4.69) is 51.8 Å². The lowest BCUT2D eigenvalue weighted by Crippen LogP contribution is -2.42. The Morgan fingerprint density at radius 1 is 0.464 bits per heavy atom. The molecule has 0 aliphatic rings. The first-order valence-corrected chi connectivity index (χ1v) is 24.5. The molecule has 0 spiro atoms. The van der Waals surface area contributed by atoms with Gasteiger partial charge in [0, 0.05) is 24.9 Å². The highest BCUT2D eigenvalue weighted by Gasteiger charge is 2.16. The standard InChI is InChI=1S/C49H96N2O5/c1-8-12-22-30-44(31-23-13-9-2)38-40-55-48(53)36-28-19-17-16-18-26-34-46(50-47(52)42-51(7)43(5)6)35-27-20-21-29-37-49(54)56-41-39-45(32-24-14-10-3)33-25-15-11-4/h43-46H,8-42H2,1-7H3,(H,50,52). The zero-order valence-electron chi connectivity index (χ0n) is 38.5. The number of esters is 2. The SMILES string of the molecule is CCCCCC(CCCCC)CCOC(=O)CCCCCCCCC(CCCCCCC(=O)OCCC(CCCCC)CCCCC)NC(=O)CN(C)C(C)C. The summed E-state index contributed by atoms with van der Waals surface area (Å²) in [6.07, 6.45) is 36.1. The maximum Gasteiger partial charge on any atom is 0.305 e. The molecule has 56 heavy (non-hydrogen) atoms. The Hall–Kier alpha value is -1.63. The third kappa shape index (κ3) is 35.5. The van der Waals surface area contributed by atoms with Crippen LogP contribution in [-0.4, -0.2) is 61.6 Å². The Bertz CT molecular complexity index is 876. The first-order valence-electron chi connectivity index (χ1n) is 24.5. The van der Waals surface area contributed by atoms with Gasteiger partial charge in [-0.25, -0.2) is 0 Å². The molecule has 0 fully saturated rings. The minimum absolute atomic E-state index is 0.0258. The number of nitrogens with zero attached hydrogens (tertiary/aromatic N) is 1. The van der Waals surface area contributed by atoms with E-state index < -0.39 is 0 Å². The first kappa shape index (κ1) is 54.4. The molecule has 0 aliphatic carbocycles. The predicted octanol–water partition coefficient (Wildman–Crippen LogP) is 13.7. The molecule has 0 rings (SSSR count). The number of hydrogen-bond donors (Lipinski definition) is 1. The fraction of sp³-hybridized carbons (Fsp3) is 0.939. The molecule has 0 bridgehead atoms. The summed E-state index contributed by atoms with van der Waals surface area (Å²) in [7, 11) is 2.00. The molecule has 0 saturated heterocycles. The van der Waals surface area contributed by atoms with E-state index >= 15 is 0 Å². The summed E-state index contributed by atoms with van der Waals surface area (Å²) in [6, 6.07) is 0.530. The Kier molecular flexibility index (Phi) is 39.0. The average Bonchev–Trinajstić information content (AvgIpc) is 3.16. The molecule has 1 amide bonds. The van der Waals surface area contributed by atoms with E-state index in [9.17, 15) is 14.4 Å². The summed E-state index contributed by atoms with van der Waals surface area (Å²) >= 11 is 0.